The first-order valence-electron chi connectivity index (χ1n) is 9.46. The molecule has 0 radical (unpaired) electrons. The van der Waals surface area contributed by atoms with E-state index < -0.39 is 24.0 Å². The largest absolute Gasteiger partial charge is 0.480 e. The number of carbonyl (C=O) groups is 4. The van der Waals surface area contributed by atoms with Gasteiger partial charge in [-0.3, -0.25) is 9.59 Å². The van der Waals surface area contributed by atoms with Gasteiger partial charge >= 0.3 is 11.9 Å². The van der Waals surface area contributed by atoms with E-state index in [0.29, 0.717) is 64.5 Å². The van der Waals surface area contributed by atoms with Gasteiger partial charge in [0.1, 0.15) is 12.1 Å². The van der Waals surface area contributed by atoms with Gasteiger partial charge in [-0.15, -0.1) is 0 Å². The standard InChI is InChI=1S/C18H26N2O6/c21-15(19-9-1-3-13(19)17(23)24)11-5-7-12(8-6-11)16(22)20-10-2-4-14(20)18(25)26/h11-14H,1-10H2,(H,23,24)(H,25,26)/t11?,12?,13-,14-/m1/s1. The molecule has 0 spiro atoms. The first-order chi connectivity index (χ1) is 12.4. The number of carboxylic acids is 2. The van der Waals surface area contributed by atoms with Gasteiger partial charge in [0.2, 0.25) is 11.8 Å². The van der Waals surface area contributed by atoms with Crippen LogP contribution in [0.1, 0.15) is 51.4 Å². The van der Waals surface area contributed by atoms with Crippen molar-refractivity contribution in [2.24, 2.45) is 11.8 Å². The Morgan fingerprint density at radius 3 is 1.27 bits per heavy atom. The third kappa shape index (κ3) is 3.54. The summed E-state index contributed by atoms with van der Waals surface area (Å²) in [6.07, 6.45) is 4.66. The van der Waals surface area contributed by atoms with E-state index in [2.05, 4.69) is 0 Å². The molecule has 3 fully saturated rings. The maximum Gasteiger partial charge on any atom is 0.326 e. The Balaban J connectivity index is 1.55. The molecule has 2 saturated heterocycles. The summed E-state index contributed by atoms with van der Waals surface area (Å²) in [4.78, 5) is 50.9. The van der Waals surface area contributed by atoms with Crippen molar-refractivity contribution in [1.29, 1.82) is 0 Å². The molecule has 3 aliphatic rings. The van der Waals surface area contributed by atoms with Crippen LogP contribution in [0.5, 0.6) is 0 Å². The minimum Gasteiger partial charge on any atom is -0.480 e. The van der Waals surface area contributed by atoms with Crippen molar-refractivity contribution in [1.82, 2.24) is 9.80 Å². The Morgan fingerprint density at radius 2 is 0.962 bits per heavy atom. The fourth-order valence-corrected chi connectivity index (χ4v) is 4.63. The van der Waals surface area contributed by atoms with Crippen LogP contribution >= 0.6 is 0 Å². The molecule has 0 aromatic rings. The topological polar surface area (TPSA) is 115 Å². The minimum absolute atomic E-state index is 0.106. The van der Waals surface area contributed by atoms with E-state index >= 15 is 0 Å². The van der Waals surface area contributed by atoms with E-state index in [1.54, 1.807) is 0 Å². The number of likely N-dealkylation sites (tertiary alicyclic amines) is 2. The summed E-state index contributed by atoms with van der Waals surface area (Å²) in [6.45, 7) is 0.978. The zero-order chi connectivity index (χ0) is 18.8. The number of hydrogen-bond acceptors (Lipinski definition) is 4. The Labute approximate surface area is 152 Å². The summed E-state index contributed by atoms with van der Waals surface area (Å²) >= 11 is 0. The van der Waals surface area contributed by atoms with Crippen molar-refractivity contribution in [3.8, 4) is 0 Å². The normalized spacial score (nSPS) is 31.8. The lowest BCUT2D eigenvalue weighted by molar-refractivity contribution is -0.152. The molecule has 144 valence electrons. The smallest absolute Gasteiger partial charge is 0.326 e. The Bertz CT molecular complexity index is 546. The molecule has 2 atom stereocenters. The maximum absolute atomic E-state index is 12.7. The first-order valence-corrected chi connectivity index (χ1v) is 9.46. The molecule has 2 N–H and O–H groups in total. The summed E-state index contributed by atoms with van der Waals surface area (Å²) in [5, 5.41) is 18.5. The molecule has 1 saturated carbocycles. The molecular weight excluding hydrogens is 340 g/mol. The highest BCUT2D eigenvalue weighted by molar-refractivity contribution is 5.87. The fraction of sp³-hybridized carbons (Fsp3) is 0.778. The number of carbonyl (C=O) groups excluding carboxylic acids is 2. The lowest BCUT2D eigenvalue weighted by Gasteiger charge is -2.33. The molecule has 8 nitrogen and oxygen atoms in total. The summed E-state index contributed by atoms with van der Waals surface area (Å²) in [5.74, 6) is -2.57. The van der Waals surface area contributed by atoms with E-state index in [1.807, 2.05) is 0 Å². The van der Waals surface area contributed by atoms with Gasteiger partial charge in [0.15, 0.2) is 0 Å². The van der Waals surface area contributed by atoms with Gasteiger partial charge in [-0.2, -0.15) is 0 Å². The predicted octanol–water partition coefficient (Wildman–Crippen LogP) is 0.944. The van der Waals surface area contributed by atoms with E-state index in [-0.39, 0.29) is 23.7 Å². The first kappa shape index (κ1) is 18.7. The highest BCUT2D eigenvalue weighted by Crippen LogP contribution is 2.34. The Hall–Kier alpha value is -2.12. The SMILES string of the molecule is O=C(O)[C@H]1CCCN1C(=O)C1CCC(C(=O)N2CCC[C@@H]2C(=O)O)CC1. The second-order valence-electron chi connectivity index (χ2n) is 7.60. The van der Waals surface area contributed by atoms with Gasteiger partial charge in [-0.1, -0.05) is 0 Å². The zero-order valence-corrected chi connectivity index (χ0v) is 14.8. The molecule has 0 aromatic heterocycles. The molecule has 0 unspecified atom stereocenters. The zero-order valence-electron chi connectivity index (χ0n) is 14.8. The maximum atomic E-state index is 12.7. The predicted molar refractivity (Wildman–Crippen MR) is 90.2 cm³/mol. The Kier molecular flexibility index (Phi) is 5.48. The molecular formula is C18H26N2O6. The quantitative estimate of drug-likeness (QED) is 0.765. The summed E-state index contributed by atoms with van der Waals surface area (Å²) in [6, 6.07) is -1.44. The van der Waals surface area contributed by atoms with Crippen LogP contribution in [-0.2, 0) is 19.2 Å². The second kappa shape index (κ2) is 7.63. The van der Waals surface area contributed by atoms with Gasteiger partial charge in [-0.25, -0.2) is 9.59 Å². The molecule has 3 rings (SSSR count). The van der Waals surface area contributed by atoms with Crippen LogP contribution in [0, 0.1) is 11.8 Å². The molecule has 1 aliphatic carbocycles. The minimum atomic E-state index is -0.951. The monoisotopic (exact) mass is 366 g/mol. The molecule has 0 bridgehead atoms. The molecule has 8 heteroatoms. The van der Waals surface area contributed by atoms with Crippen molar-refractivity contribution >= 4 is 23.8 Å². The highest BCUT2D eigenvalue weighted by Gasteiger charge is 2.41. The average Bonchev–Trinajstić information content (AvgIpc) is 3.29. The van der Waals surface area contributed by atoms with Crippen LogP contribution in [0.15, 0.2) is 0 Å². The van der Waals surface area contributed by atoms with E-state index in [1.165, 1.54) is 9.80 Å². The van der Waals surface area contributed by atoms with Crippen molar-refractivity contribution in [2.45, 2.75) is 63.5 Å². The van der Waals surface area contributed by atoms with Crippen LogP contribution in [0.25, 0.3) is 0 Å². The van der Waals surface area contributed by atoms with E-state index in [9.17, 15) is 29.4 Å². The van der Waals surface area contributed by atoms with Crippen LogP contribution in [0.4, 0.5) is 0 Å². The van der Waals surface area contributed by atoms with Crippen molar-refractivity contribution in [3.05, 3.63) is 0 Å². The van der Waals surface area contributed by atoms with Crippen LogP contribution in [0.3, 0.4) is 0 Å². The van der Waals surface area contributed by atoms with Crippen molar-refractivity contribution in [2.75, 3.05) is 13.1 Å². The lowest BCUT2D eigenvalue weighted by Crippen LogP contribution is -2.46. The number of hydrogen-bond donors (Lipinski definition) is 2. The second-order valence-corrected chi connectivity index (χ2v) is 7.60. The third-order valence-electron chi connectivity index (χ3n) is 6.07. The average molecular weight is 366 g/mol. The number of amides is 2. The van der Waals surface area contributed by atoms with Crippen LogP contribution in [0.2, 0.25) is 0 Å². The third-order valence-corrected chi connectivity index (χ3v) is 6.07. The van der Waals surface area contributed by atoms with Gasteiger partial charge in [0, 0.05) is 24.9 Å². The number of carboxylic acid groups (broad SMARTS) is 2. The van der Waals surface area contributed by atoms with E-state index in [0.717, 1.165) is 0 Å². The van der Waals surface area contributed by atoms with Gasteiger partial charge in [-0.05, 0) is 51.4 Å². The molecule has 2 amide bonds. The number of nitrogens with zero attached hydrogens (tertiary/aromatic N) is 2. The van der Waals surface area contributed by atoms with Gasteiger partial charge in [0.05, 0.1) is 0 Å². The Morgan fingerprint density at radius 1 is 0.615 bits per heavy atom. The van der Waals surface area contributed by atoms with Crippen LogP contribution in [-0.4, -0.2) is 68.9 Å². The fourth-order valence-electron chi connectivity index (χ4n) is 4.63. The summed E-state index contributed by atoms with van der Waals surface area (Å²) in [7, 11) is 0. The number of aliphatic carboxylic acids is 2. The summed E-state index contributed by atoms with van der Waals surface area (Å²) in [5.41, 5.74) is 0. The van der Waals surface area contributed by atoms with Crippen molar-refractivity contribution < 1.29 is 29.4 Å². The molecule has 2 heterocycles. The van der Waals surface area contributed by atoms with E-state index in [4.69, 9.17) is 0 Å². The van der Waals surface area contributed by atoms with Crippen LogP contribution < -0.4 is 0 Å². The number of rotatable bonds is 4. The molecule has 26 heavy (non-hydrogen) atoms. The lowest BCUT2D eigenvalue weighted by atomic mass is 9.80. The van der Waals surface area contributed by atoms with Gasteiger partial charge in [0.25, 0.3) is 0 Å². The highest BCUT2D eigenvalue weighted by atomic mass is 16.4. The van der Waals surface area contributed by atoms with Gasteiger partial charge < -0.3 is 20.0 Å². The summed E-state index contributed by atoms with van der Waals surface area (Å²) < 4.78 is 0. The molecule has 2 aliphatic heterocycles. The molecule has 0 aromatic carbocycles. The van der Waals surface area contributed by atoms with Crippen molar-refractivity contribution in [3.63, 3.8) is 0 Å².